The van der Waals surface area contributed by atoms with Gasteiger partial charge in [0.25, 0.3) is 0 Å². The number of nitrogens with zero attached hydrogens (tertiary/aromatic N) is 1. The van der Waals surface area contributed by atoms with Gasteiger partial charge in [-0.2, -0.15) is 5.26 Å². The normalized spacial score (nSPS) is 44.3. The molecule has 12 heavy (non-hydrogen) atoms. The number of nitriles is 1. The van der Waals surface area contributed by atoms with Gasteiger partial charge in [-0.1, -0.05) is 12.2 Å². The molecule has 2 nitrogen and oxygen atoms in total. The molecule has 0 aromatic heterocycles. The predicted molar refractivity (Wildman–Crippen MR) is 45.3 cm³/mol. The monoisotopic (exact) mass is 163 g/mol. The van der Waals surface area contributed by atoms with E-state index in [1.165, 1.54) is 6.42 Å². The third-order valence-corrected chi connectivity index (χ3v) is 3.22. The lowest BCUT2D eigenvalue weighted by atomic mass is 9.66. The first kappa shape index (κ1) is 7.82. The van der Waals surface area contributed by atoms with Crippen molar-refractivity contribution in [3.05, 3.63) is 12.2 Å². The molecule has 0 saturated heterocycles. The third-order valence-electron chi connectivity index (χ3n) is 3.22. The van der Waals surface area contributed by atoms with Gasteiger partial charge in [0.05, 0.1) is 12.0 Å². The van der Waals surface area contributed by atoms with Gasteiger partial charge in [0.2, 0.25) is 0 Å². The number of ether oxygens (including phenoxy) is 1. The summed E-state index contributed by atoms with van der Waals surface area (Å²) in [4.78, 5) is 0. The summed E-state index contributed by atoms with van der Waals surface area (Å²) < 4.78 is 5.46. The van der Waals surface area contributed by atoms with Crippen LogP contribution in [-0.4, -0.2) is 12.7 Å². The Morgan fingerprint density at radius 3 is 2.92 bits per heavy atom. The van der Waals surface area contributed by atoms with Crippen LogP contribution in [0.1, 0.15) is 19.3 Å². The van der Waals surface area contributed by atoms with Crippen molar-refractivity contribution in [1.82, 2.24) is 0 Å². The maximum absolute atomic E-state index is 8.95. The second-order valence-electron chi connectivity index (χ2n) is 3.73. The van der Waals surface area contributed by atoms with E-state index in [-0.39, 0.29) is 11.5 Å². The van der Waals surface area contributed by atoms with Gasteiger partial charge in [0.15, 0.2) is 0 Å². The summed E-state index contributed by atoms with van der Waals surface area (Å²) in [5.41, 5.74) is -0.247. The number of methoxy groups -OCH3 is 1. The molecule has 3 rings (SSSR count). The molecule has 0 radical (unpaired) electrons. The highest BCUT2D eigenvalue weighted by Gasteiger charge is 2.44. The number of hydrogen-bond donors (Lipinski definition) is 0. The van der Waals surface area contributed by atoms with Crippen LogP contribution in [0.5, 0.6) is 0 Å². The van der Waals surface area contributed by atoms with Gasteiger partial charge < -0.3 is 4.74 Å². The van der Waals surface area contributed by atoms with E-state index in [4.69, 9.17) is 10.00 Å². The lowest BCUT2D eigenvalue weighted by Gasteiger charge is -2.44. The molecule has 1 fully saturated rings. The van der Waals surface area contributed by atoms with Crippen molar-refractivity contribution >= 4 is 0 Å². The van der Waals surface area contributed by atoms with Gasteiger partial charge >= 0.3 is 0 Å². The molecule has 0 amide bonds. The predicted octanol–water partition coefficient (Wildman–Crippen LogP) is 1.88. The molecule has 2 bridgehead atoms. The van der Waals surface area contributed by atoms with Crippen LogP contribution < -0.4 is 0 Å². The zero-order valence-corrected chi connectivity index (χ0v) is 7.29. The number of hydrogen-bond acceptors (Lipinski definition) is 2. The molecule has 0 heterocycles. The van der Waals surface area contributed by atoms with E-state index >= 15 is 0 Å². The summed E-state index contributed by atoms with van der Waals surface area (Å²) in [6, 6.07) is 2.35. The molecule has 0 N–H and O–H groups in total. The van der Waals surface area contributed by atoms with Crippen molar-refractivity contribution in [3.63, 3.8) is 0 Å². The Labute approximate surface area is 72.8 Å². The molecular formula is C10H13NO. The van der Waals surface area contributed by atoms with Crippen molar-refractivity contribution in [3.8, 4) is 6.07 Å². The van der Waals surface area contributed by atoms with Crippen LogP contribution in [0.25, 0.3) is 0 Å². The molecule has 3 unspecified atom stereocenters. The number of rotatable bonds is 1. The third kappa shape index (κ3) is 0.899. The maximum atomic E-state index is 8.95. The van der Waals surface area contributed by atoms with E-state index in [2.05, 4.69) is 18.2 Å². The zero-order valence-electron chi connectivity index (χ0n) is 7.29. The van der Waals surface area contributed by atoms with Crippen molar-refractivity contribution in [2.45, 2.75) is 24.9 Å². The lowest BCUT2D eigenvalue weighted by Crippen LogP contribution is -2.45. The van der Waals surface area contributed by atoms with E-state index in [1.54, 1.807) is 7.11 Å². The Kier molecular flexibility index (Phi) is 1.69. The van der Waals surface area contributed by atoms with Gasteiger partial charge in [0, 0.05) is 7.11 Å². The van der Waals surface area contributed by atoms with Gasteiger partial charge in [-0.15, -0.1) is 0 Å². The molecule has 3 aliphatic carbocycles. The lowest BCUT2D eigenvalue weighted by molar-refractivity contribution is -0.0419. The van der Waals surface area contributed by atoms with E-state index in [0.717, 1.165) is 12.8 Å². The first-order valence-corrected chi connectivity index (χ1v) is 4.45. The Balaban J connectivity index is 2.33. The first-order chi connectivity index (χ1) is 5.80. The first-order valence-electron chi connectivity index (χ1n) is 4.45. The molecule has 3 atom stereocenters. The molecule has 1 saturated carbocycles. The van der Waals surface area contributed by atoms with Crippen LogP contribution in [0.2, 0.25) is 0 Å². The Hall–Kier alpha value is -0.810. The van der Waals surface area contributed by atoms with Gasteiger partial charge in [-0.05, 0) is 25.2 Å². The largest absolute Gasteiger partial charge is 0.373 e. The summed E-state index contributed by atoms with van der Waals surface area (Å²) in [5, 5.41) is 8.95. The standard InChI is InChI=1S/C10H13NO/c1-12-10-4-2-8(3-5-10)6-9(10)7-11/h2,4,8-9H,3,5-6H2,1H3. The molecule has 0 aromatic carbocycles. The summed E-state index contributed by atoms with van der Waals surface area (Å²) in [6.45, 7) is 0. The van der Waals surface area contributed by atoms with Crippen LogP contribution in [0.4, 0.5) is 0 Å². The van der Waals surface area contributed by atoms with Crippen molar-refractivity contribution in [2.75, 3.05) is 7.11 Å². The van der Waals surface area contributed by atoms with Crippen molar-refractivity contribution < 1.29 is 4.74 Å². The molecular weight excluding hydrogens is 150 g/mol. The fourth-order valence-corrected chi connectivity index (χ4v) is 2.35. The average Bonchev–Trinajstić information content (AvgIpc) is 2.19. The molecule has 64 valence electrons. The Bertz CT molecular complexity index is 253. The van der Waals surface area contributed by atoms with E-state index in [1.807, 2.05) is 0 Å². The fourth-order valence-electron chi connectivity index (χ4n) is 2.35. The molecule has 0 aliphatic heterocycles. The summed E-state index contributed by atoms with van der Waals surface area (Å²) in [5.74, 6) is 0.706. The van der Waals surface area contributed by atoms with Gasteiger partial charge in [-0.3, -0.25) is 0 Å². The van der Waals surface area contributed by atoms with Crippen LogP contribution in [-0.2, 0) is 4.74 Å². The average molecular weight is 163 g/mol. The van der Waals surface area contributed by atoms with E-state index < -0.39 is 0 Å². The summed E-state index contributed by atoms with van der Waals surface area (Å²) in [7, 11) is 1.71. The van der Waals surface area contributed by atoms with Crippen molar-refractivity contribution in [2.24, 2.45) is 11.8 Å². The fraction of sp³-hybridized carbons (Fsp3) is 0.700. The minimum absolute atomic E-state index is 0.0752. The molecule has 0 aromatic rings. The minimum Gasteiger partial charge on any atom is -0.373 e. The van der Waals surface area contributed by atoms with Gasteiger partial charge in [-0.25, -0.2) is 0 Å². The van der Waals surface area contributed by atoms with Crippen LogP contribution in [0.3, 0.4) is 0 Å². The van der Waals surface area contributed by atoms with Crippen LogP contribution >= 0.6 is 0 Å². The highest BCUT2D eigenvalue weighted by Crippen LogP contribution is 2.44. The summed E-state index contributed by atoms with van der Waals surface area (Å²) >= 11 is 0. The Morgan fingerprint density at radius 1 is 1.67 bits per heavy atom. The highest BCUT2D eigenvalue weighted by atomic mass is 16.5. The topological polar surface area (TPSA) is 33.0 Å². The maximum Gasteiger partial charge on any atom is 0.102 e. The number of allylic oxidation sites excluding steroid dienone is 1. The summed E-state index contributed by atoms with van der Waals surface area (Å²) in [6.07, 6.45) is 7.49. The molecule has 2 heteroatoms. The van der Waals surface area contributed by atoms with Gasteiger partial charge in [0.1, 0.15) is 5.60 Å². The smallest absolute Gasteiger partial charge is 0.102 e. The Morgan fingerprint density at radius 2 is 2.50 bits per heavy atom. The van der Waals surface area contributed by atoms with Crippen molar-refractivity contribution in [1.29, 1.82) is 5.26 Å². The second kappa shape index (κ2) is 2.60. The molecule has 0 spiro atoms. The molecule has 3 aliphatic rings. The SMILES string of the molecule is COC12C=CC(CC1)CC2C#N. The highest BCUT2D eigenvalue weighted by molar-refractivity contribution is 5.21. The van der Waals surface area contributed by atoms with E-state index in [9.17, 15) is 0 Å². The van der Waals surface area contributed by atoms with Crippen LogP contribution in [0, 0.1) is 23.2 Å². The number of fused-ring (bicyclic) bond motifs is 2. The van der Waals surface area contributed by atoms with Crippen LogP contribution in [0.15, 0.2) is 12.2 Å². The minimum atomic E-state index is -0.247. The second-order valence-corrected chi connectivity index (χ2v) is 3.73. The zero-order chi connectivity index (χ0) is 8.60. The quantitative estimate of drug-likeness (QED) is 0.553. The van der Waals surface area contributed by atoms with E-state index in [0.29, 0.717) is 5.92 Å².